The second kappa shape index (κ2) is 6.89. The average Bonchev–Trinajstić information content (AvgIpc) is 3.07. The maximum Gasteiger partial charge on any atom is 0.275 e. The number of thiophene rings is 1. The summed E-state index contributed by atoms with van der Waals surface area (Å²) in [7, 11) is 0. The lowest BCUT2D eigenvalue weighted by molar-refractivity contribution is 0.102. The largest absolute Gasteiger partial charge is 0.320 e. The number of anilines is 1. The number of benzene rings is 1. The van der Waals surface area contributed by atoms with E-state index in [0.717, 1.165) is 10.4 Å². The minimum Gasteiger partial charge on any atom is -0.320 e. The number of hydrogen-bond donors (Lipinski definition) is 1. The van der Waals surface area contributed by atoms with Crippen molar-refractivity contribution >= 4 is 57.7 Å². The van der Waals surface area contributed by atoms with E-state index < -0.39 is 5.91 Å². The summed E-state index contributed by atoms with van der Waals surface area (Å²) < 4.78 is 0. The van der Waals surface area contributed by atoms with Gasteiger partial charge in [-0.2, -0.15) is 0 Å². The standard InChI is InChI=1S/C16H9Cl3N2OS/c17-10-8-20-15(14(19)13(10)18)16(22)21-11-5-2-1-4-9(11)12-6-3-7-23-12/h1-8H,(H,21,22). The maximum atomic E-state index is 12.5. The van der Waals surface area contributed by atoms with Crippen LogP contribution in [0.4, 0.5) is 5.69 Å². The van der Waals surface area contributed by atoms with E-state index >= 15 is 0 Å². The highest BCUT2D eigenvalue weighted by Gasteiger charge is 2.18. The van der Waals surface area contributed by atoms with E-state index in [1.54, 1.807) is 11.3 Å². The number of nitrogens with one attached hydrogen (secondary N) is 1. The molecule has 0 saturated heterocycles. The van der Waals surface area contributed by atoms with Gasteiger partial charge in [-0.3, -0.25) is 4.79 Å². The van der Waals surface area contributed by atoms with Crippen LogP contribution in [0.15, 0.2) is 48.0 Å². The van der Waals surface area contributed by atoms with Gasteiger partial charge in [-0.1, -0.05) is 59.1 Å². The Balaban J connectivity index is 1.95. The van der Waals surface area contributed by atoms with Crippen molar-refractivity contribution in [2.75, 3.05) is 5.32 Å². The van der Waals surface area contributed by atoms with Crippen molar-refractivity contribution in [3.05, 3.63) is 68.7 Å². The zero-order valence-corrected chi connectivity index (χ0v) is 14.6. The highest BCUT2D eigenvalue weighted by molar-refractivity contribution is 7.13. The molecule has 0 spiro atoms. The highest BCUT2D eigenvalue weighted by Crippen LogP contribution is 2.34. The molecule has 0 aliphatic rings. The van der Waals surface area contributed by atoms with Crippen LogP contribution in [-0.4, -0.2) is 10.9 Å². The van der Waals surface area contributed by atoms with Crippen molar-refractivity contribution in [1.82, 2.24) is 4.98 Å². The first kappa shape index (κ1) is 16.3. The predicted octanol–water partition coefficient (Wildman–Crippen LogP) is 6.02. The summed E-state index contributed by atoms with van der Waals surface area (Å²) in [5.74, 6) is -0.447. The molecule has 1 N–H and O–H groups in total. The van der Waals surface area contributed by atoms with E-state index in [-0.39, 0.29) is 20.8 Å². The van der Waals surface area contributed by atoms with Gasteiger partial charge < -0.3 is 5.32 Å². The molecule has 1 amide bonds. The third-order valence-electron chi connectivity index (χ3n) is 3.09. The number of hydrogen-bond acceptors (Lipinski definition) is 3. The van der Waals surface area contributed by atoms with Crippen LogP contribution in [0.1, 0.15) is 10.5 Å². The minimum atomic E-state index is -0.447. The normalized spacial score (nSPS) is 10.6. The molecule has 3 nitrogen and oxygen atoms in total. The Morgan fingerprint density at radius 3 is 2.57 bits per heavy atom. The van der Waals surface area contributed by atoms with Crippen LogP contribution in [0.2, 0.25) is 15.1 Å². The zero-order chi connectivity index (χ0) is 16.4. The number of halogens is 3. The molecule has 3 rings (SSSR count). The van der Waals surface area contributed by atoms with Crippen LogP contribution in [0.25, 0.3) is 10.4 Å². The van der Waals surface area contributed by atoms with Crippen molar-refractivity contribution in [3.8, 4) is 10.4 Å². The number of carbonyl (C=O) groups excluding carboxylic acids is 1. The van der Waals surface area contributed by atoms with Gasteiger partial charge in [0.25, 0.3) is 5.91 Å². The Kier molecular flexibility index (Phi) is 4.87. The van der Waals surface area contributed by atoms with Crippen molar-refractivity contribution in [2.24, 2.45) is 0 Å². The molecule has 23 heavy (non-hydrogen) atoms. The molecule has 0 atom stereocenters. The van der Waals surface area contributed by atoms with Gasteiger partial charge >= 0.3 is 0 Å². The molecule has 2 heterocycles. The quantitative estimate of drug-likeness (QED) is 0.600. The third-order valence-corrected chi connectivity index (χ3v) is 5.24. The molecule has 7 heteroatoms. The summed E-state index contributed by atoms with van der Waals surface area (Å²) in [5, 5.41) is 5.14. The van der Waals surface area contributed by atoms with Crippen molar-refractivity contribution in [1.29, 1.82) is 0 Å². The monoisotopic (exact) mass is 382 g/mol. The van der Waals surface area contributed by atoms with Gasteiger partial charge in [-0.05, 0) is 17.5 Å². The molecular weight excluding hydrogens is 375 g/mol. The smallest absolute Gasteiger partial charge is 0.275 e. The van der Waals surface area contributed by atoms with Crippen LogP contribution in [0.3, 0.4) is 0 Å². The summed E-state index contributed by atoms with van der Waals surface area (Å²) in [6.07, 6.45) is 1.30. The Labute approximate surface area is 151 Å². The molecule has 0 aliphatic heterocycles. The molecule has 1 aromatic carbocycles. The van der Waals surface area contributed by atoms with Crippen LogP contribution in [0.5, 0.6) is 0 Å². The fraction of sp³-hybridized carbons (Fsp3) is 0. The van der Waals surface area contributed by atoms with Gasteiger partial charge in [-0.15, -0.1) is 11.3 Å². The molecular formula is C16H9Cl3N2OS. The Hall–Kier alpha value is -1.59. The number of aromatic nitrogens is 1. The summed E-state index contributed by atoms with van der Waals surface area (Å²) in [6.45, 7) is 0. The molecule has 0 bridgehead atoms. The van der Waals surface area contributed by atoms with E-state index in [1.165, 1.54) is 6.20 Å². The molecule has 116 valence electrons. The summed E-state index contributed by atoms with van der Waals surface area (Å²) in [4.78, 5) is 17.5. The fourth-order valence-electron chi connectivity index (χ4n) is 2.02. The number of nitrogens with zero attached hydrogens (tertiary/aromatic N) is 1. The Bertz CT molecular complexity index is 866. The van der Waals surface area contributed by atoms with Gasteiger partial charge in [0.05, 0.1) is 15.1 Å². The first-order valence-electron chi connectivity index (χ1n) is 6.51. The number of rotatable bonds is 3. The van der Waals surface area contributed by atoms with E-state index in [1.807, 2.05) is 41.8 Å². The Morgan fingerprint density at radius 1 is 1.04 bits per heavy atom. The van der Waals surface area contributed by atoms with E-state index in [2.05, 4.69) is 10.3 Å². The van der Waals surface area contributed by atoms with E-state index in [9.17, 15) is 4.79 Å². The number of amides is 1. The second-order valence-corrected chi connectivity index (χ2v) is 6.67. The first-order chi connectivity index (χ1) is 11.1. The number of para-hydroxylation sites is 1. The molecule has 0 unspecified atom stereocenters. The highest BCUT2D eigenvalue weighted by atomic mass is 35.5. The van der Waals surface area contributed by atoms with Gasteiger partial charge in [0.2, 0.25) is 0 Å². The summed E-state index contributed by atoms with van der Waals surface area (Å²) in [6, 6.07) is 11.4. The first-order valence-corrected chi connectivity index (χ1v) is 8.53. The lowest BCUT2D eigenvalue weighted by Gasteiger charge is -2.11. The molecule has 0 fully saturated rings. The average molecular weight is 384 g/mol. The second-order valence-electron chi connectivity index (χ2n) is 4.56. The van der Waals surface area contributed by atoms with Gasteiger partial charge in [0.1, 0.15) is 5.69 Å². The molecule has 0 aliphatic carbocycles. The fourth-order valence-corrected chi connectivity index (χ4v) is 3.35. The number of pyridine rings is 1. The predicted molar refractivity (Wildman–Crippen MR) is 97.0 cm³/mol. The van der Waals surface area contributed by atoms with Crippen LogP contribution in [-0.2, 0) is 0 Å². The van der Waals surface area contributed by atoms with Crippen LogP contribution >= 0.6 is 46.1 Å². The van der Waals surface area contributed by atoms with Crippen LogP contribution in [0, 0.1) is 0 Å². The van der Waals surface area contributed by atoms with E-state index in [4.69, 9.17) is 34.8 Å². The topological polar surface area (TPSA) is 42.0 Å². The van der Waals surface area contributed by atoms with Gasteiger partial charge in [0, 0.05) is 22.3 Å². The zero-order valence-electron chi connectivity index (χ0n) is 11.5. The third kappa shape index (κ3) is 3.35. The van der Waals surface area contributed by atoms with Crippen molar-refractivity contribution in [2.45, 2.75) is 0 Å². The molecule has 0 saturated carbocycles. The lowest BCUT2D eigenvalue weighted by Crippen LogP contribution is -2.15. The SMILES string of the molecule is O=C(Nc1ccccc1-c1cccs1)c1ncc(Cl)c(Cl)c1Cl. The van der Waals surface area contributed by atoms with Crippen molar-refractivity contribution < 1.29 is 4.79 Å². The number of carbonyl (C=O) groups is 1. The van der Waals surface area contributed by atoms with Gasteiger partial charge in [-0.25, -0.2) is 4.98 Å². The Morgan fingerprint density at radius 2 is 1.83 bits per heavy atom. The minimum absolute atomic E-state index is 0.0297. The summed E-state index contributed by atoms with van der Waals surface area (Å²) in [5.41, 5.74) is 1.62. The molecule has 0 radical (unpaired) electrons. The van der Waals surface area contributed by atoms with E-state index in [0.29, 0.717) is 5.69 Å². The maximum absolute atomic E-state index is 12.5. The van der Waals surface area contributed by atoms with Gasteiger partial charge in [0.15, 0.2) is 0 Å². The molecule has 3 aromatic rings. The molecule has 2 aromatic heterocycles. The van der Waals surface area contributed by atoms with Crippen molar-refractivity contribution in [3.63, 3.8) is 0 Å². The van der Waals surface area contributed by atoms with Crippen LogP contribution < -0.4 is 5.32 Å². The summed E-state index contributed by atoms with van der Waals surface area (Å²) >= 11 is 19.4. The lowest BCUT2D eigenvalue weighted by atomic mass is 10.1.